The monoisotopic (exact) mass is 405 g/mol. The second kappa shape index (κ2) is 7.93. The molecule has 0 saturated heterocycles. The third-order valence-corrected chi connectivity index (χ3v) is 5.62. The zero-order valence-corrected chi connectivity index (χ0v) is 16.0. The lowest BCUT2D eigenvalue weighted by Crippen LogP contribution is -2.33. The number of hydrogen-bond donors (Lipinski definition) is 1. The molecule has 1 aliphatic rings. The van der Waals surface area contributed by atoms with Gasteiger partial charge in [-0.15, -0.1) is 0 Å². The smallest absolute Gasteiger partial charge is 0.335 e. The minimum Gasteiger partial charge on any atom is -0.478 e. The highest BCUT2D eigenvalue weighted by Gasteiger charge is 2.29. The molecule has 29 heavy (non-hydrogen) atoms. The minimum absolute atomic E-state index is 0.152. The summed E-state index contributed by atoms with van der Waals surface area (Å²) < 4.78 is 13.2. The second-order valence-corrected chi connectivity index (χ2v) is 7.61. The first-order valence-corrected chi connectivity index (χ1v) is 9.71. The van der Waals surface area contributed by atoms with Crippen LogP contribution in [0.2, 0.25) is 0 Å². The quantitative estimate of drug-likeness (QED) is 0.606. The number of carboxylic acids is 1. The van der Waals surface area contributed by atoms with Gasteiger partial charge >= 0.3 is 5.97 Å². The number of carboxylic acid groups (broad SMARTS) is 1. The summed E-state index contributed by atoms with van der Waals surface area (Å²) in [6, 6.07) is 20.1. The average Bonchev–Trinajstić information content (AvgIpc) is 2.73. The van der Waals surface area contributed by atoms with Gasteiger partial charge in [-0.2, -0.15) is 0 Å². The van der Waals surface area contributed by atoms with Gasteiger partial charge in [0.25, 0.3) is 5.91 Å². The summed E-state index contributed by atoms with van der Waals surface area (Å²) in [5.41, 5.74) is 2.57. The third kappa shape index (κ3) is 4.07. The van der Waals surface area contributed by atoms with E-state index in [1.54, 1.807) is 35.2 Å². The number of thioether (sulfide) groups is 1. The van der Waals surface area contributed by atoms with Crippen LogP contribution in [0.1, 0.15) is 21.5 Å². The van der Waals surface area contributed by atoms with E-state index in [1.807, 2.05) is 24.3 Å². The van der Waals surface area contributed by atoms with Gasteiger partial charge in [-0.3, -0.25) is 4.79 Å². The molecule has 4 rings (SSSR count). The maximum absolute atomic E-state index is 13.2. The number of fused-ring (bicyclic) bond motifs is 1. The summed E-state index contributed by atoms with van der Waals surface area (Å²) in [7, 11) is 0. The third-order valence-electron chi connectivity index (χ3n) is 4.54. The van der Waals surface area contributed by atoms with Crippen LogP contribution in [0.3, 0.4) is 0 Å². The number of hydrogen-bond acceptors (Lipinski definition) is 3. The van der Waals surface area contributed by atoms with Crippen LogP contribution in [0.5, 0.6) is 0 Å². The van der Waals surface area contributed by atoms with Crippen molar-refractivity contribution >= 4 is 35.4 Å². The van der Waals surface area contributed by atoms with E-state index in [0.717, 1.165) is 21.7 Å². The number of carbonyl (C=O) groups excluding carboxylic acids is 1. The van der Waals surface area contributed by atoms with E-state index in [1.165, 1.54) is 36.0 Å². The van der Waals surface area contributed by atoms with Crippen LogP contribution in [0.4, 0.5) is 10.1 Å². The van der Waals surface area contributed by atoms with Crippen LogP contribution in [0.25, 0.3) is 6.08 Å². The Morgan fingerprint density at radius 3 is 2.38 bits per heavy atom. The van der Waals surface area contributed by atoms with Gasteiger partial charge in [-0.25, -0.2) is 9.18 Å². The highest BCUT2D eigenvalue weighted by atomic mass is 32.2. The minimum atomic E-state index is -0.994. The lowest BCUT2D eigenvalue weighted by molar-refractivity contribution is -0.114. The molecule has 0 aliphatic carbocycles. The molecule has 1 N–H and O–H groups in total. The molecule has 0 fully saturated rings. The van der Waals surface area contributed by atoms with Crippen LogP contribution in [0.15, 0.2) is 82.6 Å². The number of amides is 1. The SMILES string of the molecule is O=C(O)c1ccc(C=C2Sc3ccccc3N(Cc3ccc(F)cc3)C2=O)cc1. The summed E-state index contributed by atoms with van der Waals surface area (Å²) in [6.45, 7) is 0.325. The largest absolute Gasteiger partial charge is 0.478 e. The van der Waals surface area contributed by atoms with Crippen LogP contribution < -0.4 is 4.90 Å². The van der Waals surface area contributed by atoms with Gasteiger partial charge in [0, 0.05) is 4.90 Å². The average molecular weight is 405 g/mol. The topological polar surface area (TPSA) is 57.6 Å². The molecule has 0 aromatic heterocycles. The summed E-state index contributed by atoms with van der Waals surface area (Å²) in [6.07, 6.45) is 1.76. The second-order valence-electron chi connectivity index (χ2n) is 6.52. The fourth-order valence-electron chi connectivity index (χ4n) is 3.06. The van der Waals surface area contributed by atoms with Crippen LogP contribution >= 0.6 is 11.8 Å². The Hall–Kier alpha value is -3.38. The molecule has 0 spiro atoms. The van der Waals surface area contributed by atoms with Crippen molar-refractivity contribution in [2.75, 3.05) is 4.90 Å². The molecular weight excluding hydrogens is 389 g/mol. The van der Waals surface area contributed by atoms with Crippen molar-refractivity contribution in [3.05, 3.63) is 100 Å². The molecule has 4 nitrogen and oxygen atoms in total. The van der Waals surface area contributed by atoms with Gasteiger partial charge in [0.05, 0.1) is 22.7 Å². The number of benzene rings is 3. The zero-order valence-electron chi connectivity index (χ0n) is 15.2. The standard InChI is InChI=1S/C23H16FNO3S/c24-18-11-7-16(8-12-18)14-25-19-3-1-2-4-20(19)29-21(22(25)26)13-15-5-9-17(10-6-15)23(27)28/h1-13H,14H2,(H,27,28). The molecule has 144 valence electrons. The van der Waals surface area contributed by atoms with E-state index in [4.69, 9.17) is 5.11 Å². The molecular formula is C23H16FNO3S. The fourth-order valence-corrected chi connectivity index (χ4v) is 4.12. The zero-order chi connectivity index (χ0) is 20.4. The van der Waals surface area contributed by atoms with E-state index in [0.29, 0.717) is 11.4 Å². The predicted octanol–water partition coefficient (Wildman–Crippen LogP) is 5.20. The summed E-state index contributed by atoms with van der Waals surface area (Å²) >= 11 is 1.38. The molecule has 1 aliphatic heterocycles. The summed E-state index contributed by atoms with van der Waals surface area (Å²) in [4.78, 5) is 27.4. The van der Waals surface area contributed by atoms with E-state index in [2.05, 4.69) is 0 Å². The lowest BCUT2D eigenvalue weighted by atomic mass is 10.1. The molecule has 3 aromatic rings. The van der Waals surface area contributed by atoms with Crippen molar-refractivity contribution in [2.45, 2.75) is 11.4 Å². The van der Waals surface area contributed by atoms with Gasteiger partial charge in [-0.05, 0) is 53.6 Å². The van der Waals surface area contributed by atoms with Crippen molar-refractivity contribution in [1.82, 2.24) is 0 Å². The number of halogens is 1. The molecule has 0 saturated carbocycles. The Kier molecular flexibility index (Phi) is 5.18. The van der Waals surface area contributed by atoms with Crippen molar-refractivity contribution in [2.24, 2.45) is 0 Å². The van der Waals surface area contributed by atoms with Gasteiger partial charge in [0.15, 0.2) is 0 Å². The van der Waals surface area contributed by atoms with Gasteiger partial charge in [-0.1, -0.05) is 48.2 Å². The number of nitrogens with zero attached hydrogens (tertiary/aromatic N) is 1. The van der Waals surface area contributed by atoms with Crippen LogP contribution in [-0.4, -0.2) is 17.0 Å². The molecule has 0 atom stereocenters. The Morgan fingerprint density at radius 1 is 1.00 bits per heavy atom. The van der Waals surface area contributed by atoms with Crippen LogP contribution in [-0.2, 0) is 11.3 Å². The maximum Gasteiger partial charge on any atom is 0.335 e. The highest BCUT2D eigenvalue weighted by molar-refractivity contribution is 8.04. The van der Waals surface area contributed by atoms with Crippen molar-refractivity contribution < 1.29 is 19.1 Å². The summed E-state index contributed by atoms with van der Waals surface area (Å²) in [5.74, 6) is -1.47. The first-order chi connectivity index (χ1) is 14.0. The predicted molar refractivity (Wildman–Crippen MR) is 111 cm³/mol. The number of aromatic carboxylic acids is 1. The van der Waals surface area contributed by atoms with Gasteiger partial charge in [0.1, 0.15) is 5.82 Å². The highest BCUT2D eigenvalue weighted by Crippen LogP contribution is 2.42. The maximum atomic E-state index is 13.2. The first-order valence-electron chi connectivity index (χ1n) is 8.89. The molecule has 1 amide bonds. The van der Waals surface area contributed by atoms with Gasteiger partial charge < -0.3 is 10.0 Å². The molecule has 3 aromatic carbocycles. The van der Waals surface area contributed by atoms with Crippen molar-refractivity contribution in [1.29, 1.82) is 0 Å². The molecule has 0 unspecified atom stereocenters. The van der Waals surface area contributed by atoms with Gasteiger partial charge in [0.2, 0.25) is 0 Å². The number of para-hydroxylation sites is 1. The first kappa shape index (κ1) is 19.0. The molecule has 0 radical (unpaired) electrons. The molecule has 0 bridgehead atoms. The number of rotatable bonds is 4. The Labute approximate surface area is 171 Å². The Morgan fingerprint density at radius 2 is 1.69 bits per heavy atom. The van der Waals surface area contributed by atoms with Crippen LogP contribution in [0, 0.1) is 5.82 Å². The van der Waals surface area contributed by atoms with Crippen molar-refractivity contribution in [3.63, 3.8) is 0 Å². The normalized spacial score (nSPS) is 14.7. The Bertz CT molecular complexity index is 1110. The van der Waals surface area contributed by atoms with E-state index < -0.39 is 5.97 Å². The van der Waals surface area contributed by atoms with E-state index in [-0.39, 0.29) is 17.3 Å². The van der Waals surface area contributed by atoms with E-state index in [9.17, 15) is 14.0 Å². The molecule has 6 heteroatoms. The Balaban J connectivity index is 1.69. The summed E-state index contributed by atoms with van der Waals surface area (Å²) in [5, 5.41) is 9.04. The van der Waals surface area contributed by atoms with Crippen molar-refractivity contribution in [3.8, 4) is 0 Å². The number of anilines is 1. The van der Waals surface area contributed by atoms with E-state index >= 15 is 0 Å². The molecule has 1 heterocycles. The number of carbonyl (C=O) groups is 2. The lowest BCUT2D eigenvalue weighted by Gasteiger charge is -2.30. The fraction of sp³-hybridized carbons (Fsp3) is 0.0435.